The van der Waals surface area contributed by atoms with Crippen LogP contribution >= 0.6 is 0 Å². The molecule has 0 bridgehead atoms. The third-order valence-corrected chi connectivity index (χ3v) is 4.12. The van der Waals surface area contributed by atoms with Gasteiger partial charge in [0, 0.05) is 11.8 Å². The van der Waals surface area contributed by atoms with Gasteiger partial charge in [0.1, 0.15) is 6.04 Å². The van der Waals surface area contributed by atoms with Gasteiger partial charge in [-0.2, -0.15) is 0 Å². The van der Waals surface area contributed by atoms with E-state index >= 15 is 0 Å². The van der Waals surface area contributed by atoms with Gasteiger partial charge in [-0.15, -0.1) is 0 Å². The number of nitrogens with one attached hydrogen (secondary N) is 2. The Hall–Kier alpha value is -3.75. The molecule has 1 aliphatic carbocycles. The number of rotatable bonds is 6. The van der Waals surface area contributed by atoms with Gasteiger partial charge < -0.3 is 30.1 Å². The average molecular weight is 384 g/mol. The van der Waals surface area contributed by atoms with Crippen LogP contribution in [0.15, 0.2) is 54.0 Å². The molecule has 9 heteroatoms. The van der Waals surface area contributed by atoms with Gasteiger partial charge in [0.05, 0.1) is 32.3 Å². The number of benzene rings is 1. The molecule has 1 saturated heterocycles. The van der Waals surface area contributed by atoms with Crippen LogP contribution < -0.4 is 19.9 Å². The fourth-order valence-electron chi connectivity index (χ4n) is 2.69. The second-order valence-corrected chi connectivity index (χ2v) is 5.95. The van der Waals surface area contributed by atoms with E-state index in [1.807, 2.05) is 0 Å². The quantitative estimate of drug-likeness (QED) is 0.551. The topological polar surface area (TPSA) is 124 Å². The molecular formula is C19H18N3O6-. The number of carbonyl (C=O) groups excluding carboxylic acids is 2. The Kier molecular flexibility index (Phi) is 5.35. The predicted octanol–water partition coefficient (Wildman–Crippen LogP) is 0.892. The molecule has 0 spiro atoms. The van der Waals surface area contributed by atoms with Crippen LogP contribution in [-0.2, 0) is 14.4 Å². The molecule has 2 amide bonds. The van der Waals surface area contributed by atoms with E-state index in [0.29, 0.717) is 22.2 Å². The lowest BCUT2D eigenvalue weighted by Gasteiger charge is -2.26. The van der Waals surface area contributed by atoms with Crippen molar-refractivity contribution in [1.82, 2.24) is 5.06 Å². The molecule has 1 aromatic carbocycles. The Morgan fingerprint density at radius 3 is 2.46 bits per heavy atom. The minimum absolute atomic E-state index is 0.132. The number of allylic oxidation sites excluding steroid dienone is 5. The SMILES string of the molecule is COc1ccc(NC2CC(=O)N(OC([O-])=C3C=CC(=N)C=C3)C2=O)cc1OC. The standard InChI is InChI=1S/C19H19N3O6/c1-26-15-8-7-13(9-16(15)27-2)21-14-10-17(23)22(18(14)24)28-19(25)11-3-5-12(20)6-4-11/h3-9,14,20-21,25H,10H2,1-2H3/p-1. The van der Waals surface area contributed by atoms with Gasteiger partial charge in [-0.25, -0.2) is 5.06 Å². The molecule has 1 unspecified atom stereocenters. The maximum absolute atomic E-state index is 12.5. The molecule has 2 N–H and O–H groups in total. The number of hydroxylamine groups is 2. The molecular weight excluding hydrogens is 366 g/mol. The summed E-state index contributed by atoms with van der Waals surface area (Å²) in [5.74, 6) is -1.17. The molecule has 0 aromatic heterocycles. The molecule has 146 valence electrons. The van der Waals surface area contributed by atoms with Crippen LogP contribution in [0, 0.1) is 5.41 Å². The van der Waals surface area contributed by atoms with E-state index in [2.05, 4.69) is 5.32 Å². The zero-order valence-electron chi connectivity index (χ0n) is 15.2. The third kappa shape index (κ3) is 3.83. The van der Waals surface area contributed by atoms with Crippen LogP contribution in [0.2, 0.25) is 0 Å². The maximum Gasteiger partial charge on any atom is 0.265 e. The Labute approximate surface area is 161 Å². The van der Waals surface area contributed by atoms with Crippen molar-refractivity contribution in [2.45, 2.75) is 12.5 Å². The molecule has 2 aliphatic rings. The average Bonchev–Trinajstić information content (AvgIpc) is 2.95. The van der Waals surface area contributed by atoms with E-state index in [4.69, 9.17) is 19.7 Å². The van der Waals surface area contributed by atoms with Crippen molar-refractivity contribution in [3.05, 3.63) is 54.0 Å². The second-order valence-electron chi connectivity index (χ2n) is 5.95. The first-order valence-electron chi connectivity index (χ1n) is 8.32. The van der Waals surface area contributed by atoms with Gasteiger partial charge in [-0.05, 0) is 29.9 Å². The molecule has 1 fully saturated rings. The van der Waals surface area contributed by atoms with Crippen molar-refractivity contribution in [2.24, 2.45) is 0 Å². The smallest absolute Gasteiger partial charge is 0.265 e. The Morgan fingerprint density at radius 1 is 1.14 bits per heavy atom. The molecule has 1 atom stereocenters. The summed E-state index contributed by atoms with van der Waals surface area (Å²) >= 11 is 0. The summed E-state index contributed by atoms with van der Waals surface area (Å²) in [6.07, 6.45) is 5.42. The van der Waals surface area contributed by atoms with Crippen molar-refractivity contribution in [3.63, 3.8) is 0 Å². The zero-order valence-corrected chi connectivity index (χ0v) is 15.2. The molecule has 9 nitrogen and oxygen atoms in total. The van der Waals surface area contributed by atoms with Crippen molar-refractivity contribution < 1.29 is 29.0 Å². The number of hydrogen-bond acceptors (Lipinski definition) is 8. The Bertz CT molecular complexity index is 900. The number of nitrogens with zero attached hydrogens (tertiary/aromatic N) is 1. The zero-order chi connectivity index (χ0) is 20.3. The largest absolute Gasteiger partial charge is 0.544 e. The summed E-state index contributed by atoms with van der Waals surface area (Å²) in [6, 6.07) is 4.09. The van der Waals surface area contributed by atoms with Gasteiger partial charge >= 0.3 is 0 Å². The highest BCUT2D eigenvalue weighted by atomic mass is 16.8. The van der Waals surface area contributed by atoms with E-state index in [0.717, 1.165) is 0 Å². The minimum Gasteiger partial charge on any atom is -0.544 e. The Morgan fingerprint density at radius 2 is 1.82 bits per heavy atom. The van der Waals surface area contributed by atoms with Crippen LogP contribution in [-0.4, -0.2) is 42.9 Å². The molecule has 1 aliphatic heterocycles. The van der Waals surface area contributed by atoms with Crippen molar-refractivity contribution in [2.75, 3.05) is 19.5 Å². The van der Waals surface area contributed by atoms with E-state index in [9.17, 15) is 14.7 Å². The van der Waals surface area contributed by atoms with E-state index in [-0.39, 0.29) is 17.7 Å². The van der Waals surface area contributed by atoms with E-state index in [1.165, 1.54) is 38.5 Å². The number of ether oxygens (including phenoxy) is 2. The molecule has 1 heterocycles. The number of imide groups is 1. The van der Waals surface area contributed by atoms with Gasteiger partial charge in [0.15, 0.2) is 11.5 Å². The highest BCUT2D eigenvalue weighted by Crippen LogP contribution is 2.31. The van der Waals surface area contributed by atoms with Crippen LogP contribution in [0.3, 0.4) is 0 Å². The molecule has 0 saturated carbocycles. The summed E-state index contributed by atoms with van der Waals surface area (Å²) in [4.78, 5) is 29.6. The van der Waals surface area contributed by atoms with Gasteiger partial charge in [0.25, 0.3) is 5.91 Å². The summed E-state index contributed by atoms with van der Waals surface area (Å²) in [6.45, 7) is 0. The highest BCUT2D eigenvalue weighted by Gasteiger charge is 2.38. The molecule has 1 aromatic rings. The molecule has 3 rings (SSSR count). The number of amides is 2. The van der Waals surface area contributed by atoms with Crippen molar-refractivity contribution in [1.29, 1.82) is 5.41 Å². The predicted molar refractivity (Wildman–Crippen MR) is 97.5 cm³/mol. The monoisotopic (exact) mass is 384 g/mol. The van der Waals surface area contributed by atoms with Gasteiger partial charge in [-0.1, -0.05) is 12.2 Å². The summed E-state index contributed by atoms with van der Waals surface area (Å²) in [7, 11) is 2.99. The van der Waals surface area contributed by atoms with Gasteiger partial charge in [-0.3, -0.25) is 9.59 Å². The van der Waals surface area contributed by atoms with Gasteiger partial charge in [0.2, 0.25) is 5.91 Å². The number of anilines is 1. The van der Waals surface area contributed by atoms with Crippen LogP contribution in [0.5, 0.6) is 11.5 Å². The summed E-state index contributed by atoms with van der Waals surface area (Å²) in [5, 5.41) is 23.0. The first-order valence-corrected chi connectivity index (χ1v) is 8.32. The first kappa shape index (κ1) is 19.0. The lowest BCUT2D eigenvalue weighted by molar-refractivity contribution is -0.383. The normalized spacial score (nSPS) is 18.5. The minimum atomic E-state index is -0.881. The molecule has 28 heavy (non-hydrogen) atoms. The maximum atomic E-state index is 12.5. The second kappa shape index (κ2) is 7.87. The third-order valence-electron chi connectivity index (χ3n) is 4.12. The fourth-order valence-corrected chi connectivity index (χ4v) is 2.69. The Balaban J connectivity index is 1.72. The fraction of sp³-hybridized carbons (Fsp3) is 0.211. The number of methoxy groups -OCH3 is 2. The van der Waals surface area contributed by atoms with Crippen molar-refractivity contribution >= 4 is 23.2 Å². The number of carbonyl (C=O) groups is 2. The molecule has 0 radical (unpaired) electrons. The highest BCUT2D eigenvalue weighted by molar-refractivity contribution is 6.06. The van der Waals surface area contributed by atoms with E-state index < -0.39 is 23.8 Å². The van der Waals surface area contributed by atoms with Crippen molar-refractivity contribution in [3.8, 4) is 11.5 Å². The van der Waals surface area contributed by atoms with E-state index in [1.54, 1.807) is 18.2 Å². The number of hydrogen-bond donors (Lipinski definition) is 2. The lowest BCUT2D eigenvalue weighted by Crippen LogP contribution is -2.36. The van der Waals surface area contributed by atoms with Crippen LogP contribution in [0.4, 0.5) is 5.69 Å². The van der Waals surface area contributed by atoms with Crippen LogP contribution in [0.25, 0.3) is 0 Å². The van der Waals surface area contributed by atoms with Crippen LogP contribution in [0.1, 0.15) is 6.42 Å². The lowest BCUT2D eigenvalue weighted by atomic mass is 10.1. The summed E-state index contributed by atoms with van der Waals surface area (Å²) < 4.78 is 10.4. The summed E-state index contributed by atoms with van der Waals surface area (Å²) in [5.41, 5.74) is 0.903. The first-order chi connectivity index (χ1) is 13.4.